The zero-order valence-electron chi connectivity index (χ0n) is 11.9. The lowest BCUT2D eigenvalue weighted by atomic mass is 10.4. The third-order valence-electron chi connectivity index (χ3n) is 3.96. The van der Waals surface area contributed by atoms with Crippen molar-refractivity contribution in [2.75, 3.05) is 6.61 Å². The zero-order chi connectivity index (χ0) is 12.9. The minimum absolute atomic E-state index is 0.943. The van der Waals surface area contributed by atoms with E-state index < -0.39 is 15.4 Å². The highest BCUT2D eigenvalue weighted by Crippen LogP contribution is 2.20. The van der Waals surface area contributed by atoms with Crippen molar-refractivity contribution in [2.45, 2.75) is 46.0 Å². The summed E-state index contributed by atoms with van der Waals surface area (Å²) in [4.78, 5) is 0. The Hall–Kier alpha value is -0.386. The van der Waals surface area contributed by atoms with Crippen LogP contribution in [-0.2, 0) is 4.43 Å². The number of hydrogen-bond acceptors (Lipinski definition) is 1. The van der Waals surface area contributed by atoms with Crippen LogP contribution in [0.25, 0.3) is 0 Å². The monoisotopic (exact) mass is 266 g/mol. The molecule has 96 valence electrons. The molecule has 0 saturated carbocycles. The van der Waals surface area contributed by atoms with Crippen LogP contribution in [-0.4, -0.2) is 22.0 Å². The van der Waals surface area contributed by atoms with Gasteiger partial charge < -0.3 is 4.43 Å². The molecule has 0 aliphatic heterocycles. The summed E-state index contributed by atoms with van der Waals surface area (Å²) in [6.07, 6.45) is 2.41. The Labute approximate surface area is 108 Å². The smallest absolute Gasteiger partial charge is 0.178 e. The molecule has 1 rings (SSSR count). The molecule has 0 radical (unpaired) electrons. The Morgan fingerprint density at radius 3 is 2.12 bits per heavy atom. The first-order chi connectivity index (χ1) is 7.92. The molecule has 1 aromatic carbocycles. The maximum absolute atomic E-state index is 6.29. The Morgan fingerprint density at radius 2 is 1.59 bits per heavy atom. The minimum atomic E-state index is -1.57. The van der Waals surface area contributed by atoms with Crippen LogP contribution >= 0.6 is 0 Å². The predicted molar refractivity (Wildman–Crippen MR) is 81.9 cm³/mol. The van der Waals surface area contributed by atoms with Crippen molar-refractivity contribution in [3.8, 4) is 0 Å². The zero-order valence-corrected chi connectivity index (χ0v) is 13.9. The van der Waals surface area contributed by atoms with Crippen molar-refractivity contribution >= 4 is 20.6 Å². The van der Waals surface area contributed by atoms with Crippen LogP contribution in [0.1, 0.15) is 19.8 Å². The molecule has 0 unspecified atom stereocenters. The van der Waals surface area contributed by atoms with Crippen molar-refractivity contribution in [3.63, 3.8) is 0 Å². The Bertz CT molecular complexity index is 333. The molecule has 0 bridgehead atoms. The van der Waals surface area contributed by atoms with Crippen molar-refractivity contribution in [1.29, 1.82) is 0 Å². The van der Waals surface area contributed by atoms with Crippen molar-refractivity contribution in [1.82, 2.24) is 0 Å². The number of benzene rings is 1. The normalized spacial score (nSPS) is 12.8. The van der Waals surface area contributed by atoms with Gasteiger partial charge in [-0.1, -0.05) is 62.0 Å². The van der Waals surface area contributed by atoms with E-state index in [2.05, 4.69) is 63.4 Å². The molecule has 0 saturated heterocycles. The predicted octanol–water partition coefficient (Wildman–Crippen LogP) is 3.70. The van der Waals surface area contributed by atoms with Crippen LogP contribution in [0.15, 0.2) is 30.3 Å². The van der Waals surface area contributed by atoms with Gasteiger partial charge >= 0.3 is 0 Å². The van der Waals surface area contributed by atoms with Gasteiger partial charge in [-0.25, -0.2) is 0 Å². The highest BCUT2D eigenvalue weighted by Gasteiger charge is 2.44. The second kappa shape index (κ2) is 5.98. The number of hydrogen-bond donors (Lipinski definition) is 0. The molecule has 0 atom stereocenters. The average Bonchev–Trinajstić information content (AvgIpc) is 2.30. The molecular formula is C14H26OSi2. The highest BCUT2D eigenvalue weighted by molar-refractivity contribution is 7.43. The van der Waals surface area contributed by atoms with Crippen molar-refractivity contribution < 1.29 is 4.43 Å². The van der Waals surface area contributed by atoms with Crippen LogP contribution in [0.4, 0.5) is 0 Å². The molecular weight excluding hydrogens is 240 g/mol. The molecule has 1 aromatic rings. The summed E-state index contributed by atoms with van der Waals surface area (Å²) >= 11 is 0. The Morgan fingerprint density at radius 1 is 1.00 bits per heavy atom. The molecule has 17 heavy (non-hydrogen) atoms. The van der Waals surface area contributed by atoms with Gasteiger partial charge in [0.2, 0.25) is 0 Å². The molecule has 1 nitrogen and oxygen atoms in total. The van der Waals surface area contributed by atoms with Crippen LogP contribution < -0.4 is 5.19 Å². The van der Waals surface area contributed by atoms with E-state index in [-0.39, 0.29) is 0 Å². The van der Waals surface area contributed by atoms with Crippen LogP contribution in [0.2, 0.25) is 26.2 Å². The minimum Gasteiger partial charge on any atom is -0.420 e. The van der Waals surface area contributed by atoms with Gasteiger partial charge in [-0.05, 0) is 19.5 Å². The Balaban J connectivity index is 2.81. The van der Waals surface area contributed by atoms with E-state index in [0.717, 1.165) is 6.61 Å². The molecule has 0 heterocycles. The van der Waals surface area contributed by atoms with E-state index in [1.54, 1.807) is 0 Å². The second-order valence-electron chi connectivity index (χ2n) is 5.70. The third kappa shape index (κ3) is 3.53. The fourth-order valence-corrected chi connectivity index (χ4v) is 8.57. The highest BCUT2D eigenvalue weighted by atomic mass is 29.3. The summed E-state index contributed by atoms with van der Waals surface area (Å²) < 4.78 is 6.29. The lowest BCUT2D eigenvalue weighted by Crippen LogP contribution is -2.64. The van der Waals surface area contributed by atoms with E-state index >= 15 is 0 Å². The summed E-state index contributed by atoms with van der Waals surface area (Å²) in [5, 5.41) is 1.54. The first-order valence-corrected chi connectivity index (χ1v) is 13.5. The third-order valence-corrected chi connectivity index (χ3v) is 20.0. The van der Waals surface area contributed by atoms with E-state index in [1.807, 2.05) is 0 Å². The van der Waals surface area contributed by atoms with Crippen LogP contribution in [0.3, 0.4) is 0 Å². The van der Waals surface area contributed by atoms with Crippen LogP contribution in [0.5, 0.6) is 0 Å². The molecule has 0 aliphatic carbocycles. The van der Waals surface area contributed by atoms with E-state index in [1.165, 1.54) is 18.0 Å². The van der Waals surface area contributed by atoms with E-state index in [9.17, 15) is 0 Å². The molecule has 0 N–H and O–H groups in total. The maximum Gasteiger partial charge on any atom is 0.178 e. The number of rotatable bonds is 6. The molecule has 3 heteroatoms. The van der Waals surface area contributed by atoms with Gasteiger partial charge in [0.05, 0.1) is 0 Å². The van der Waals surface area contributed by atoms with Gasteiger partial charge in [0.25, 0.3) is 0 Å². The summed E-state index contributed by atoms with van der Waals surface area (Å²) in [6, 6.07) is 11.0. The maximum atomic E-state index is 6.29. The van der Waals surface area contributed by atoms with Crippen molar-refractivity contribution in [2.24, 2.45) is 0 Å². The Kier molecular flexibility index (Phi) is 5.16. The van der Waals surface area contributed by atoms with Gasteiger partial charge in [-0.3, -0.25) is 0 Å². The quantitative estimate of drug-likeness (QED) is 0.563. The second-order valence-corrected chi connectivity index (χ2v) is 20.2. The number of unbranched alkanes of at least 4 members (excludes halogenated alkanes) is 1. The van der Waals surface area contributed by atoms with Gasteiger partial charge in [0.15, 0.2) is 7.83 Å². The molecule has 0 aliphatic rings. The summed E-state index contributed by atoms with van der Waals surface area (Å²) in [6.45, 7) is 12.9. The average molecular weight is 267 g/mol. The largest absolute Gasteiger partial charge is 0.420 e. The van der Waals surface area contributed by atoms with Gasteiger partial charge in [-0.15, -0.1) is 0 Å². The fourth-order valence-electron chi connectivity index (χ4n) is 1.85. The fraction of sp³-hybridized carbons (Fsp3) is 0.571. The van der Waals surface area contributed by atoms with Gasteiger partial charge in [0.1, 0.15) is 7.59 Å². The van der Waals surface area contributed by atoms with Crippen molar-refractivity contribution in [3.05, 3.63) is 30.3 Å². The molecule has 0 spiro atoms. The molecule has 0 aromatic heterocycles. The molecule has 0 amide bonds. The van der Waals surface area contributed by atoms with Crippen LogP contribution in [0, 0.1) is 0 Å². The first-order valence-electron chi connectivity index (χ1n) is 6.61. The standard InChI is InChI=1S/C14H26OSi2/c1-6-7-13-15-17(4,5)16(2,3)14-11-9-8-10-12-14/h8-12H,6-7,13H2,1-5H3. The molecule has 0 fully saturated rings. The SMILES string of the molecule is CCCCO[Si](C)(C)[Si](C)(C)c1ccccc1. The lowest BCUT2D eigenvalue weighted by Gasteiger charge is -2.38. The summed E-state index contributed by atoms with van der Waals surface area (Å²) in [7, 11) is -3.01. The van der Waals surface area contributed by atoms with Gasteiger partial charge in [0, 0.05) is 6.61 Å². The lowest BCUT2D eigenvalue weighted by molar-refractivity contribution is 0.310. The van der Waals surface area contributed by atoms with E-state index in [0.29, 0.717) is 0 Å². The van der Waals surface area contributed by atoms with Gasteiger partial charge in [-0.2, -0.15) is 0 Å². The first kappa shape index (κ1) is 14.7. The summed E-state index contributed by atoms with van der Waals surface area (Å²) in [5.41, 5.74) is 0. The summed E-state index contributed by atoms with van der Waals surface area (Å²) in [5.74, 6) is 0. The topological polar surface area (TPSA) is 9.23 Å². The van der Waals surface area contributed by atoms with E-state index in [4.69, 9.17) is 4.43 Å².